The molecule has 1 unspecified atom stereocenters. The summed E-state index contributed by atoms with van der Waals surface area (Å²) in [7, 11) is 0. The molecule has 2 aromatic heterocycles. The van der Waals surface area contributed by atoms with Crippen molar-refractivity contribution in [3.8, 4) is 5.69 Å². The molecule has 0 amide bonds. The first-order valence-electron chi connectivity index (χ1n) is 11.4. The predicted molar refractivity (Wildman–Crippen MR) is 143 cm³/mol. The van der Waals surface area contributed by atoms with Gasteiger partial charge in [0.15, 0.2) is 5.16 Å². The summed E-state index contributed by atoms with van der Waals surface area (Å²) in [6, 6.07) is 32.6. The number of carbonyl (C=O) groups is 1. The highest BCUT2D eigenvalue weighted by Crippen LogP contribution is 2.32. The Bertz CT molecular complexity index is 1730. The van der Waals surface area contributed by atoms with E-state index in [1.54, 1.807) is 15.2 Å². The number of carbonyl (C=O) groups excluding carboxylic acids is 1. The number of fused-ring (bicyclic) bond motifs is 4. The van der Waals surface area contributed by atoms with Crippen molar-refractivity contribution < 1.29 is 4.79 Å². The lowest BCUT2D eigenvalue weighted by Gasteiger charge is -2.17. The van der Waals surface area contributed by atoms with Gasteiger partial charge in [-0.15, -0.1) is 0 Å². The van der Waals surface area contributed by atoms with Crippen LogP contribution < -0.4 is 5.56 Å². The Morgan fingerprint density at radius 3 is 1.94 bits per heavy atom. The van der Waals surface area contributed by atoms with Crippen molar-refractivity contribution in [1.29, 1.82) is 0 Å². The first-order chi connectivity index (χ1) is 17.1. The molecule has 0 radical (unpaired) electrons. The van der Waals surface area contributed by atoms with Crippen LogP contribution in [0.15, 0.2) is 113 Å². The normalized spacial score (nSPS) is 12.4. The summed E-state index contributed by atoms with van der Waals surface area (Å²) in [4.78, 5) is 32.2. The SMILES string of the molecule is CC(Sc1nc2ccccc2c(=O)n1-c1ccccc1)C(=O)n1c2ccccc2c2ccccc21. The molecule has 6 rings (SSSR count). The molecule has 0 aliphatic rings. The molecule has 0 aliphatic carbocycles. The minimum atomic E-state index is -0.489. The second-order valence-corrected chi connectivity index (χ2v) is 9.66. The van der Waals surface area contributed by atoms with Crippen molar-refractivity contribution in [2.45, 2.75) is 17.3 Å². The molecule has 6 aromatic rings. The Morgan fingerprint density at radius 2 is 1.29 bits per heavy atom. The third kappa shape index (κ3) is 3.54. The Kier molecular flexibility index (Phi) is 5.23. The van der Waals surface area contributed by atoms with Gasteiger partial charge in [-0.1, -0.05) is 78.5 Å². The summed E-state index contributed by atoms with van der Waals surface area (Å²) in [6.45, 7) is 1.87. The molecule has 0 bridgehead atoms. The lowest BCUT2D eigenvalue weighted by molar-refractivity contribution is 0.0925. The third-order valence-corrected chi connectivity index (χ3v) is 7.23. The molecule has 35 heavy (non-hydrogen) atoms. The maximum absolute atomic E-state index is 13.9. The van der Waals surface area contributed by atoms with Crippen molar-refractivity contribution in [3.05, 3.63) is 113 Å². The van der Waals surface area contributed by atoms with E-state index in [-0.39, 0.29) is 11.5 Å². The van der Waals surface area contributed by atoms with Crippen LogP contribution in [0.3, 0.4) is 0 Å². The fraction of sp³-hybridized carbons (Fsp3) is 0.0690. The summed E-state index contributed by atoms with van der Waals surface area (Å²) in [6.07, 6.45) is 0. The van der Waals surface area contributed by atoms with Gasteiger partial charge in [0, 0.05) is 10.8 Å². The maximum Gasteiger partial charge on any atom is 0.266 e. The molecule has 6 heteroatoms. The first kappa shape index (κ1) is 21.4. The largest absolute Gasteiger partial charge is 0.279 e. The molecule has 5 nitrogen and oxygen atoms in total. The summed E-state index contributed by atoms with van der Waals surface area (Å²) in [5, 5.41) is 2.62. The number of benzene rings is 4. The van der Waals surface area contributed by atoms with Crippen molar-refractivity contribution in [2.75, 3.05) is 0 Å². The van der Waals surface area contributed by atoms with Crippen LogP contribution in [-0.4, -0.2) is 25.3 Å². The minimum Gasteiger partial charge on any atom is -0.279 e. The van der Waals surface area contributed by atoms with E-state index in [1.165, 1.54) is 11.8 Å². The first-order valence-corrected chi connectivity index (χ1v) is 12.3. The van der Waals surface area contributed by atoms with Crippen LogP contribution in [0.4, 0.5) is 0 Å². The second-order valence-electron chi connectivity index (χ2n) is 8.36. The van der Waals surface area contributed by atoms with Crippen molar-refractivity contribution in [2.24, 2.45) is 0 Å². The van der Waals surface area contributed by atoms with Gasteiger partial charge in [-0.25, -0.2) is 4.98 Å². The minimum absolute atomic E-state index is 0.0607. The predicted octanol–water partition coefficient (Wildman–Crippen LogP) is 6.31. The van der Waals surface area contributed by atoms with E-state index in [1.807, 2.05) is 104 Å². The van der Waals surface area contributed by atoms with E-state index >= 15 is 0 Å². The standard InChI is InChI=1S/C29H21N3O2S/c1-19(27(33)32-25-17-9-6-13-21(25)22-14-7-10-18-26(22)32)35-29-30-24-16-8-5-15-23(24)28(34)31(29)20-11-3-2-4-12-20/h2-19H,1H3. The van der Waals surface area contributed by atoms with Crippen LogP contribution in [0, 0.1) is 0 Å². The molecule has 0 saturated carbocycles. The zero-order chi connectivity index (χ0) is 23.9. The molecule has 170 valence electrons. The zero-order valence-corrected chi connectivity index (χ0v) is 19.8. The number of aromatic nitrogens is 3. The number of nitrogens with zero attached hydrogens (tertiary/aromatic N) is 3. The van der Waals surface area contributed by atoms with Gasteiger partial charge in [-0.05, 0) is 43.3 Å². The van der Waals surface area contributed by atoms with Crippen LogP contribution in [0.2, 0.25) is 0 Å². The van der Waals surface area contributed by atoms with Gasteiger partial charge >= 0.3 is 0 Å². The van der Waals surface area contributed by atoms with Gasteiger partial charge in [0.25, 0.3) is 5.56 Å². The summed E-state index contributed by atoms with van der Waals surface area (Å²) in [5.74, 6) is -0.0607. The maximum atomic E-state index is 13.9. The average Bonchev–Trinajstić information content (AvgIpc) is 3.23. The fourth-order valence-electron chi connectivity index (χ4n) is 4.55. The van der Waals surface area contributed by atoms with E-state index in [0.717, 1.165) is 27.5 Å². The van der Waals surface area contributed by atoms with Crippen LogP contribution in [-0.2, 0) is 0 Å². The lowest BCUT2D eigenvalue weighted by atomic mass is 10.2. The third-order valence-electron chi connectivity index (χ3n) is 6.19. The lowest BCUT2D eigenvalue weighted by Crippen LogP contribution is -2.25. The summed E-state index contributed by atoms with van der Waals surface area (Å²) < 4.78 is 3.39. The van der Waals surface area contributed by atoms with E-state index in [4.69, 9.17) is 4.98 Å². The topological polar surface area (TPSA) is 56.9 Å². The monoisotopic (exact) mass is 475 g/mol. The molecule has 0 N–H and O–H groups in total. The van der Waals surface area contributed by atoms with E-state index in [0.29, 0.717) is 16.1 Å². The molecular weight excluding hydrogens is 454 g/mol. The van der Waals surface area contributed by atoms with Crippen LogP contribution in [0.25, 0.3) is 38.4 Å². The molecule has 4 aromatic carbocycles. The quantitative estimate of drug-likeness (QED) is 0.221. The smallest absolute Gasteiger partial charge is 0.266 e. The van der Waals surface area contributed by atoms with E-state index in [9.17, 15) is 9.59 Å². The Morgan fingerprint density at radius 1 is 0.743 bits per heavy atom. The van der Waals surface area contributed by atoms with Gasteiger partial charge < -0.3 is 0 Å². The molecule has 2 heterocycles. The van der Waals surface area contributed by atoms with Gasteiger partial charge in [0.1, 0.15) is 0 Å². The van der Waals surface area contributed by atoms with Crippen molar-refractivity contribution in [1.82, 2.24) is 14.1 Å². The Balaban J connectivity index is 1.49. The molecule has 1 atom stereocenters. The summed E-state index contributed by atoms with van der Waals surface area (Å²) >= 11 is 1.30. The van der Waals surface area contributed by atoms with E-state index < -0.39 is 5.25 Å². The molecule has 0 spiro atoms. The number of hydrogen-bond acceptors (Lipinski definition) is 4. The highest BCUT2D eigenvalue weighted by Gasteiger charge is 2.24. The highest BCUT2D eigenvalue weighted by molar-refractivity contribution is 8.00. The van der Waals surface area contributed by atoms with Crippen molar-refractivity contribution >= 4 is 50.4 Å². The van der Waals surface area contributed by atoms with Crippen LogP contribution >= 0.6 is 11.8 Å². The Labute approximate surface area is 205 Å². The van der Waals surface area contributed by atoms with Crippen molar-refractivity contribution in [3.63, 3.8) is 0 Å². The molecule has 0 saturated heterocycles. The highest BCUT2D eigenvalue weighted by atomic mass is 32.2. The number of rotatable bonds is 4. The van der Waals surface area contributed by atoms with Gasteiger partial charge in [-0.2, -0.15) is 0 Å². The zero-order valence-electron chi connectivity index (χ0n) is 19.0. The molecule has 0 aliphatic heterocycles. The molecular formula is C29H21N3O2S. The van der Waals surface area contributed by atoms with Crippen LogP contribution in [0.5, 0.6) is 0 Å². The van der Waals surface area contributed by atoms with Gasteiger partial charge in [-0.3, -0.25) is 18.7 Å². The fourth-order valence-corrected chi connectivity index (χ4v) is 5.51. The van der Waals surface area contributed by atoms with Gasteiger partial charge in [0.2, 0.25) is 5.91 Å². The van der Waals surface area contributed by atoms with Gasteiger partial charge in [0.05, 0.1) is 32.9 Å². The number of hydrogen-bond donors (Lipinski definition) is 0. The average molecular weight is 476 g/mol. The second kappa shape index (κ2) is 8.56. The number of para-hydroxylation sites is 4. The van der Waals surface area contributed by atoms with Crippen LogP contribution in [0.1, 0.15) is 11.7 Å². The summed E-state index contributed by atoms with van der Waals surface area (Å²) in [5.41, 5.74) is 2.93. The number of thioether (sulfide) groups is 1. The van der Waals surface area contributed by atoms with E-state index in [2.05, 4.69) is 0 Å². The Hall–Kier alpha value is -4.16. The molecule has 0 fully saturated rings.